The van der Waals surface area contributed by atoms with Crippen LogP contribution in [0.3, 0.4) is 0 Å². The zero-order valence-corrected chi connectivity index (χ0v) is 58.8. The Labute approximate surface area is 615 Å². The van der Waals surface area contributed by atoms with E-state index >= 15 is 0 Å². The van der Waals surface area contributed by atoms with E-state index in [-0.39, 0.29) is 18.8 Å². The third kappa shape index (κ3) is 9.75. The minimum absolute atomic E-state index is 0.127. The first-order chi connectivity index (χ1) is 51.8. The highest BCUT2D eigenvalue weighted by Gasteiger charge is 2.50. The molecule has 7 heterocycles. The Morgan fingerprint density at radius 1 is 0.410 bits per heavy atom. The predicted molar refractivity (Wildman–Crippen MR) is 442 cm³/mol. The fraction of sp³-hybridized carbons (Fsp3) is 0.0638. The Hall–Kier alpha value is -12.7. The van der Waals surface area contributed by atoms with Gasteiger partial charge in [0.1, 0.15) is 11.3 Å². The molecule has 0 unspecified atom stereocenters. The molecule has 0 saturated heterocycles. The van der Waals surface area contributed by atoms with Crippen LogP contribution in [-0.4, -0.2) is 13.4 Å². The number of hydrogen-bond acceptors (Lipinski definition) is 9. The van der Waals surface area contributed by atoms with Gasteiger partial charge in [0.25, 0.3) is 13.4 Å². The molecule has 3 aromatic heterocycles. The van der Waals surface area contributed by atoms with Gasteiger partial charge >= 0.3 is 0 Å². The average molecular weight is 1370 g/mol. The molecule has 8 nitrogen and oxygen atoms in total. The molecular formula is C94H68B2N6O2S. The number of furan rings is 2. The zero-order valence-electron chi connectivity index (χ0n) is 58.0. The van der Waals surface area contributed by atoms with E-state index in [1.165, 1.54) is 54.1 Å². The van der Waals surface area contributed by atoms with Gasteiger partial charge in [0.2, 0.25) is 5.88 Å². The highest BCUT2D eigenvalue weighted by molar-refractivity contribution is 7.17. The molecule has 0 atom stereocenters. The maximum Gasteiger partial charge on any atom is 0.297 e. The lowest BCUT2D eigenvalue weighted by molar-refractivity contribution is 0.522. The van der Waals surface area contributed by atoms with Crippen molar-refractivity contribution in [2.45, 2.75) is 38.5 Å². The van der Waals surface area contributed by atoms with Gasteiger partial charge in [-0.3, -0.25) is 4.90 Å². The second-order valence-corrected chi connectivity index (χ2v) is 29.7. The minimum Gasteiger partial charge on any atom is -0.472 e. The first-order valence-electron chi connectivity index (χ1n) is 36.5. The van der Waals surface area contributed by atoms with Gasteiger partial charge in [0.15, 0.2) is 0 Å². The fourth-order valence-corrected chi connectivity index (χ4v) is 18.4. The normalized spacial score (nSPS) is 13.6. The highest BCUT2D eigenvalue weighted by Crippen LogP contribution is 2.53. The lowest BCUT2D eigenvalue weighted by Gasteiger charge is -2.43. The van der Waals surface area contributed by atoms with E-state index in [0.717, 1.165) is 144 Å². The van der Waals surface area contributed by atoms with Gasteiger partial charge in [0.05, 0.1) is 22.7 Å². The van der Waals surface area contributed by atoms with E-state index < -0.39 is 0 Å². The van der Waals surface area contributed by atoms with Crippen molar-refractivity contribution in [2.24, 2.45) is 0 Å². The molecule has 0 amide bonds. The minimum atomic E-state index is -0.278. The van der Waals surface area contributed by atoms with E-state index in [2.05, 4.69) is 382 Å². The fourth-order valence-electron chi connectivity index (χ4n) is 17.6. The van der Waals surface area contributed by atoms with Gasteiger partial charge in [-0.25, -0.2) is 0 Å². The molecule has 11 heteroatoms. The second kappa shape index (κ2) is 24.2. The van der Waals surface area contributed by atoms with Crippen molar-refractivity contribution in [1.29, 1.82) is 0 Å². The Balaban J connectivity index is 0.694. The van der Waals surface area contributed by atoms with Crippen LogP contribution in [-0.2, 0) is 18.3 Å². The topological polar surface area (TPSA) is 45.7 Å². The zero-order chi connectivity index (χ0) is 69.4. The van der Waals surface area contributed by atoms with Crippen LogP contribution in [0.25, 0.3) is 27.1 Å². The lowest BCUT2D eigenvalue weighted by atomic mass is 9.33. The predicted octanol–water partition coefficient (Wildman–Crippen LogP) is 21.8. The monoisotopic (exact) mass is 1370 g/mol. The summed E-state index contributed by atoms with van der Waals surface area (Å²) in [5, 5.41) is 4.57. The van der Waals surface area contributed by atoms with Crippen molar-refractivity contribution in [3.05, 3.63) is 355 Å². The first kappa shape index (κ1) is 61.0. The van der Waals surface area contributed by atoms with Crippen LogP contribution in [0.4, 0.5) is 103 Å². The van der Waals surface area contributed by atoms with Gasteiger partial charge < -0.3 is 33.3 Å². The summed E-state index contributed by atoms with van der Waals surface area (Å²) in [5.74, 6) is 1.88. The molecule has 0 radical (unpaired) electrons. The molecular weight excluding hydrogens is 1300 g/mol. The van der Waals surface area contributed by atoms with E-state index in [9.17, 15) is 0 Å². The molecule has 0 spiro atoms. The SMILES string of the molecule is CC(C)(Cc1ccc(N2c3cc4ccsc4cc3B3c4oc5c(c4N(c4ccccc4)c4cc(N(c6ccccc6)c6ccccc6)cc2c43)C=CCC5)cc1)c1ccc(N2c3cc(N(c4ccccc4)c4ccccc4)cc4c3B(c3ccccc3N4c3ccccc3)c3c2oc2ccccc32)cc1. The number of benzene rings is 13. The molecule has 0 fully saturated rings. The summed E-state index contributed by atoms with van der Waals surface area (Å²) in [6, 6.07) is 118. The Morgan fingerprint density at radius 2 is 0.905 bits per heavy atom. The molecule has 0 N–H and O–H groups in total. The molecule has 5 aliphatic rings. The number of aryl methyl sites for hydroxylation is 1. The van der Waals surface area contributed by atoms with Gasteiger partial charge in [-0.1, -0.05) is 196 Å². The largest absolute Gasteiger partial charge is 0.472 e. The van der Waals surface area contributed by atoms with Gasteiger partial charge in [-0.05, 0) is 214 Å². The van der Waals surface area contributed by atoms with Crippen molar-refractivity contribution >= 4 is 187 Å². The lowest BCUT2D eigenvalue weighted by Crippen LogP contribution is -2.61. The molecule has 13 aromatic carbocycles. The third-order valence-electron chi connectivity index (χ3n) is 22.2. The second-order valence-electron chi connectivity index (χ2n) is 28.8. The first-order valence-corrected chi connectivity index (χ1v) is 37.3. The van der Waals surface area contributed by atoms with Crippen LogP contribution >= 0.6 is 11.3 Å². The number of allylic oxidation sites excluding steroid dienone is 1. The van der Waals surface area contributed by atoms with E-state index in [0.29, 0.717) is 0 Å². The van der Waals surface area contributed by atoms with E-state index in [1.54, 1.807) is 11.3 Å². The quantitative estimate of drug-likeness (QED) is 0.106. The Kier molecular flexibility index (Phi) is 14.1. The Bertz CT molecular complexity index is 6010. The van der Waals surface area contributed by atoms with E-state index in [4.69, 9.17) is 8.83 Å². The van der Waals surface area contributed by atoms with Crippen LogP contribution < -0.4 is 62.4 Å². The number of fused-ring (bicyclic) bond motifs is 13. The summed E-state index contributed by atoms with van der Waals surface area (Å²) in [4.78, 5) is 14.7. The summed E-state index contributed by atoms with van der Waals surface area (Å²) in [5.41, 5.74) is 29.9. The standard InChI is InChI=1S/C94H68B2N6O2S/c1-94(2,64-47-51-72(52-48-64)102-84-59-74(98(67-31-13-5-14-32-67)68-33-15-6-16-34-68)56-81-89(84)95(88-75-39-21-25-43-85(75)104-93(88)102)77-41-23-24-42-79(77)99(81)69-35-17-7-18-36-69)61-62-45-49-71(50-46-62)100-80-55-63-53-54-105-87(63)60-78(80)96-90-82(100)57-73(97(65-27-9-3-10-28-65)66-29-11-4-12-30-66)58-83(90)101(70-37-19-8-20-38-70)91-76-40-22-26-44-86(76)103-92(91)96/h3-25,27-43,45-60H,26,44,61H2,1-2H3. The van der Waals surface area contributed by atoms with Crippen molar-refractivity contribution in [3.63, 3.8) is 0 Å². The van der Waals surface area contributed by atoms with Crippen LogP contribution in [0.5, 0.6) is 0 Å². The van der Waals surface area contributed by atoms with Crippen molar-refractivity contribution in [3.8, 4) is 0 Å². The van der Waals surface area contributed by atoms with E-state index in [1.807, 2.05) is 0 Å². The van der Waals surface area contributed by atoms with Crippen molar-refractivity contribution in [1.82, 2.24) is 0 Å². The van der Waals surface area contributed by atoms with Gasteiger partial charge in [-0.2, -0.15) is 0 Å². The number of hydrogen-bond donors (Lipinski definition) is 0. The van der Waals surface area contributed by atoms with Crippen LogP contribution in [0, 0.1) is 0 Å². The summed E-state index contributed by atoms with van der Waals surface area (Å²) < 4.78 is 15.9. The van der Waals surface area contributed by atoms with Crippen molar-refractivity contribution < 1.29 is 8.83 Å². The molecule has 1 aliphatic carbocycles. The molecule has 498 valence electrons. The van der Waals surface area contributed by atoms with Crippen LogP contribution in [0.2, 0.25) is 0 Å². The average Bonchev–Trinajstić information content (AvgIpc) is 1.68. The van der Waals surface area contributed by atoms with Crippen molar-refractivity contribution in [2.75, 3.05) is 29.4 Å². The number of nitrogens with zero attached hydrogens (tertiary/aromatic N) is 6. The molecule has 0 bridgehead atoms. The summed E-state index contributed by atoms with van der Waals surface area (Å²) >= 11 is 1.80. The maximum absolute atomic E-state index is 7.37. The number of thiophene rings is 1. The Morgan fingerprint density at radius 3 is 1.52 bits per heavy atom. The van der Waals surface area contributed by atoms with Crippen LogP contribution in [0.15, 0.2) is 342 Å². The maximum atomic E-state index is 7.37. The smallest absolute Gasteiger partial charge is 0.297 e. The molecule has 0 saturated carbocycles. The molecule has 4 aliphatic heterocycles. The molecule has 21 rings (SSSR count). The highest BCUT2D eigenvalue weighted by atomic mass is 32.1. The van der Waals surface area contributed by atoms with Crippen LogP contribution in [0.1, 0.15) is 42.7 Å². The summed E-state index contributed by atoms with van der Waals surface area (Å²) in [6.07, 6.45) is 7.22. The third-order valence-corrected chi connectivity index (χ3v) is 23.1. The van der Waals surface area contributed by atoms with Gasteiger partial charge in [0, 0.05) is 107 Å². The number of para-hydroxylation sites is 8. The summed E-state index contributed by atoms with van der Waals surface area (Å²) in [6.45, 7) is 4.47. The number of rotatable bonds is 13. The molecule has 105 heavy (non-hydrogen) atoms. The number of anilines is 18. The molecule has 16 aromatic rings. The summed E-state index contributed by atoms with van der Waals surface area (Å²) in [7, 11) is 0. The van der Waals surface area contributed by atoms with Gasteiger partial charge in [-0.15, -0.1) is 11.3 Å².